The molecule has 0 aliphatic heterocycles. The van der Waals surface area contributed by atoms with Gasteiger partial charge in [0.1, 0.15) is 0 Å². The van der Waals surface area contributed by atoms with E-state index in [2.05, 4.69) is 23.8 Å². The van der Waals surface area contributed by atoms with Crippen molar-refractivity contribution in [1.82, 2.24) is 0 Å². The number of rotatable bonds is 2. The molecule has 1 aromatic heterocycles. The van der Waals surface area contributed by atoms with Crippen LogP contribution in [-0.4, -0.2) is 6.04 Å². The summed E-state index contributed by atoms with van der Waals surface area (Å²) >= 11 is 1.77. The first kappa shape index (κ1) is 7.32. The van der Waals surface area contributed by atoms with Gasteiger partial charge in [0.15, 0.2) is 0 Å². The molecule has 1 fully saturated rings. The average molecular weight is 167 g/mol. The Kier molecular flexibility index (Phi) is 1.55. The Morgan fingerprint density at radius 3 is 3.00 bits per heavy atom. The summed E-state index contributed by atoms with van der Waals surface area (Å²) in [5, 5.41) is 4.35. The molecule has 1 nitrogen and oxygen atoms in total. The van der Waals surface area contributed by atoms with Gasteiger partial charge in [-0.2, -0.15) is 11.3 Å². The second-order valence-corrected chi connectivity index (χ2v) is 4.55. The molecule has 0 radical (unpaired) electrons. The zero-order valence-corrected chi connectivity index (χ0v) is 7.53. The zero-order valence-electron chi connectivity index (χ0n) is 6.71. The molecule has 60 valence electrons. The summed E-state index contributed by atoms with van der Waals surface area (Å²) in [5.74, 6) is 0. The number of hydrogen-bond donors (Lipinski definition) is 1. The summed E-state index contributed by atoms with van der Waals surface area (Å²) in [7, 11) is 0. The molecule has 1 aliphatic carbocycles. The second kappa shape index (κ2) is 2.32. The predicted octanol–water partition coefficient (Wildman–Crippen LogP) is 2.03. The molecule has 2 rings (SSSR count). The third kappa shape index (κ3) is 1.33. The molecule has 1 saturated carbocycles. The Balaban J connectivity index is 2.02. The summed E-state index contributed by atoms with van der Waals surface area (Å²) < 4.78 is 0. The fraction of sp³-hybridized carbons (Fsp3) is 0.556. The third-order valence-corrected chi connectivity index (χ3v) is 3.34. The number of nitrogens with two attached hydrogens (primary N) is 1. The highest BCUT2D eigenvalue weighted by molar-refractivity contribution is 7.07. The standard InChI is InChI=1S/C9H13NS/c1-9(5-8(9)10)4-7-2-3-11-6-7/h2-3,6,8H,4-5,10H2,1H3. The van der Waals surface area contributed by atoms with Crippen molar-refractivity contribution in [2.75, 3.05) is 0 Å². The first-order valence-corrected chi connectivity index (χ1v) is 4.92. The summed E-state index contributed by atoms with van der Waals surface area (Å²) in [6.45, 7) is 2.27. The van der Waals surface area contributed by atoms with Crippen molar-refractivity contribution < 1.29 is 0 Å². The number of thiophene rings is 1. The first-order valence-electron chi connectivity index (χ1n) is 3.97. The van der Waals surface area contributed by atoms with E-state index < -0.39 is 0 Å². The molecule has 11 heavy (non-hydrogen) atoms. The van der Waals surface area contributed by atoms with E-state index in [-0.39, 0.29) is 0 Å². The van der Waals surface area contributed by atoms with Gasteiger partial charge in [-0.05, 0) is 40.6 Å². The van der Waals surface area contributed by atoms with Crippen LogP contribution in [0.15, 0.2) is 16.8 Å². The molecule has 2 unspecified atom stereocenters. The number of hydrogen-bond acceptors (Lipinski definition) is 2. The summed E-state index contributed by atoms with van der Waals surface area (Å²) in [4.78, 5) is 0. The van der Waals surface area contributed by atoms with Crippen LogP contribution in [0.25, 0.3) is 0 Å². The average Bonchev–Trinajstić information content (AvgIpc) is 2.43. The predicted molar refractivity (Wildman–Crippen MR) is 48.7 cm³/mol. The summed E-state index contributed by atoms with van der Waals surface area (Å²) in [6, 6.07) is 2.64. The van der Waals surface area contributed by atoms with Gasteiger partial charge in [0.05, 0.1) is 0 Å². The molecular formula is C9H13NS. The van der Waals surface area contributed by atoms with Gasteiger partial charge in [0.2, 0.25) is 0 Å². The van der Waals surface area contributed by atoms with Gasteiger partial charge in [-0.15, -0.1) is 0 Å². The first-order chi connectivity index (χ1) is 5.21. The smallest absolute Gasteiger partial charge is 0.0103 e. The van der Waals surface area contributed by atoms with E-state index in [1.54, 1.807) is 11.3 Å². The van der Waals surface area contributed by atoms with Crippen LogP contribution in [0.3, 0.4) is 0 Å². The molecule has 1 heterocycles. The summed E-state index contributed by atoms with van der Waals surface area (Å²) in [5.41, 5.74) is 7.69. The molecule has 0 bridgehead atoms. The lowest BCUT2D eigenvalue weighted by Crippen LogP contribution is -2.12. The molecule has 1 aromatic rings. The Hall–Kier alpha value is -0.340. The SMILES string of the molecule is CC1(Cc2ccsc2)CC1N. The molecule has 0 aromatic carbocycles. The Labute approximate surface area is 71.2 Å². The van der Waals surface area contributed by atoms with E-state index in [1.807, 2.05) is 0 Å². The molecule has 1 aliphatic rings. The highest BCUT2D eigenvalue weighted by Crippen LogP contribution is 2.46. The lowest BCUT2D eigenvalue weighted by molar-refractivity contribution is 0.545. The molecular weight excluding hydrogens is 154 g/mol. The van der Waals surface area contributed by atoms with Crippen LogP contribution in [0.2, 0.25) is 0 Å². The van der Waals surface area contributed by atoms with E-state index in [9.17, 15) is 0 Å². The Morgan fingerprint density at radius 1 is 1.82 bits per heavy atom. The van der Waals surface area contributed by atoms with Crippen molar-refractivity contribution in [2.24, 2.45) is 11.1 Å². The lowest BCUT2D eigenvalue weighted by atomic mass is 10.0. The largest absolute Gasteiger partial charge is 0.327 e. The third-order valence-electron chi connectivity index (χ3n) is 2.61. The van der Waals surface area contributed by atoms with Crippen LogP contribution in [0.5, 0.6) is 0 Å². The Morgan fingerprint density at radius 2 is 2.55 bits per heavy atom. The molecule has 2 N–H and O–H groups in total. The van der Waals surface area contributed by atoms with Crippen molar-refractivity contribution in [1.29, 1.82) is 0 Å². The van der Waals surface area contributed by atoms with Crippen LogP contribution in [0.4, 0.5) is 0 Å². The van der Waals surface area contributed by atoms with Gasteiger partial charge >= 0.3 is 0 Å². The van der Waals surface area contributed by atoms with Gasteiger partial charge in [-0.1, -0.05) is 6.92 Å². The van der Waals surface area contributed by atoms with Crippen LogP contribution in [0, 0.1) is 5.41 Å². The normalized spacial score (nSPS) is 35.6. The zero-order chi connectivity index (χ0) is 7.90. The monoisotopic (exact) mass is 167 g/mol. The van der Waals surface area contributed by atoms with Crippen LogP contribution >= 0.6 is 11.3 Å². The second-order valence-electron chi connectivity index (χ2n) is 3.77. The molecule has 2 atom stereocenters. The van der Waals surface area contributed by atoms with Gasteiger partial charge in [0, 0.05) is 6.04 Å². The topological polar surface area (TPSA) is 26.0 Å². The van der Waals surface area contributed by atoms with E-state index >= 15 is 0 Å². The maximum absolute atomic E-state index is 5.82. The molecule has 0 amide bonds. The minimum Gasteiger partial charge on any atom is -0.327 e. The van der Waals surface area contributed by atoms with Crippen molar-refractivity contribution in [2.45, 2.75) is 25.8 Å². The van der Waals surface area contributed by atoms with Gasteiger partial charge in [-0.3, -0.25) is 0 Å². The van der Waals surface area contributed by atoms with Crippen LogP contribution in [-0.2, 0) is 6.42 Å². The van der Waals surface area contributed by atoms with Crippen LogP contribution < -0.4 is 5.73 Å². The quantitative estimate of drug-likeness (QED) is 0.716. The van der Waals surface area contributed by atoms with Crippen molar-refractivity contribution in [3.05, 3.63) is 22.4 Å². The fourth-order valence-electron chi connectivity index (χ4n) is 1.51. The highest BCUT2D eigenvalue weighted by Gasteiger charge is 2.46. The van der Waals surface area contributed by atoms with Crippen LogP contribution in [0.1, 0.15) is 18.9 Å². The minimum absolute atomic E-state index is 0.418. The molecule has 0 spiro atoms. The van der Waals surface area contributed by atoms with Gasteiger partial charge < -0.3 is 5.73 Å². The maximum atomic E-state index is 5.82. The lowest BCUT2D eigenvalue weighted by Gasteiger charge is -2.06. The van der Waals surface area contributed by atoms with E-state index in [0.29, 0.717) is 11.5 Å². The highest BCUT2D eigenvalue weighted by atomic mass is 32.1. The molecule has 0 saturated heterocycles. The summed E-state index contributed by atoms with van der Waals surface area (Å²) in [6.07, 6.45) is 2.36. The van der Waals surface area contributed by atoms with E-state index in [0.717, 1.165) is 6.42 Å². The Bertz CT molecular complexity index is 242. The fourth-order valence-corrected chi connectivity index (χ4v) is 2.17. The minimum atomic E-state index is 0.418. The van der Waals surface area contributed by atoms with Gasteiger partial charge in [0.25, 0.3) is 0 Å². The van der Waals surface area contributed by atoms with Gasteiger partial charge in [-0.25, -0.2) is 0 Å². The van der Waals surface area contributed by atoms with E-state index in [4.69, 9.17) is 5.73 Å². The molecule has 2 heteroatoms. The maximum Gasteiger partial charge on any atom is 0.0103 e. The van der Waals surface area contributed by atoms with Crippen molar-refractivity contribution in [3.8, 4) is 0 Å². The van der Waals surface area contributed by atoms with E-state index in [1.165, 1.54) is 12.0 Å². The van der Waals surface area contributed by atoms with Crippen molar-refractivity contribution >= 4 is 11.3 Å². The van der Waals surface area contributed by atoms with Crippen molar-refractivity contribution in [3.63, 3.8) is 0 Å².